The minimum atomic E-state index is -3.09. The van der Waals surface area contributed by atoms with Crippen LogP contribution in [0.2, 0.25) is 0 Å². The van der Waals surface area contributed by atoms with Gasteiger partial charge < -0.3 is 14.4 Å². The van der Waals surface area contributed by atoms with Crippen molar-refractivity contribution in [2.75, 3.05) is 31.8 Å². The molecule has 0 unspecified atom stereocenters. The van der Waals surface area contributed by atoms with Crippen LogP contribution in [0.3, 0.4) is 0 Å². The summed E-state index contributed by atoms with van der Waals surface area (Å²) in [5.74, 6) is -0.218. The van der Waals surface area contributed by atoms with Crippen LogP contribution >= 0.6 is 0 Å². The quantitative estimate of drug-likeness (QED) is 0.491. The van der Waals surface area contributed by atoms with Gasteiger partial charge in [0.25, 0.3) is 5.91 Å². The summed E-state index contributed by atoms with van der Waals surface area (Å²) < 4.78 is 33.4. The topological polar surface area (TPSA) is 90.0 Å². The number of methoxy groups -OCH3 is 1. The first kappa shape index (κ1) is 21.0. The number of amides is 1. The van der Waals surface area contributed by atoms with Gasteiger partial charge in [-0.3, -0.25) is 4.79 Å². The van der Waals surface area contributed by atoms with Gasteiger partial charge in [0.1, 0.15) is 5.75 Å². The molecule has 1 heterocycles. The third-order valence-corrected chi connectivity index (χ3v) is 6.05. The van der Waals surface area contributed by atoms with Crippen LogP contribution < -0.4 is 4.74 Å². The summed E-state index contributed by atoms with van der Waals surface area (Å²) >= 11 is 0. The van der Waals surface area contributed by atoms with Crippen LogP contribution in [0.25, 0.3) is 6.08 Å². The summed E-state index contributed by atoms with van der Waals surface area (Å²) in [6.45, 7) is 1.95. The zero-order valence-electron chi connectivity index (χ0n) is 15.6. The van der Waals surface area contributed by atoms with Crippen LogP contribution in [0.4, 0.5) is 0 Å². The number of ether oxygens (including phenoxy) is 2. The van der Waals surface area contributed by atoms with Crippen LogP contribution in [0.5, 0.6) is 5.75 Å². The largest absolute Gasteiger partial charge is 0.497 e. The van der Waals surface area contributed by atoms with Crippen molar-refractivity contribution in [3.05, 3.63) is 35.9 Å². The molecule has 1 aliphatic rings. The van der Waals surface area contributed by atoms with E-state index < -0.39 is 22.4 Å². The molecular weight excluding hydrogens is 370 g/mol. The predicted molar refractivity (Wildman–Crippen MR) is 102 cm³/mol. The molecule has 1 atom stereocenters. The van der Waals surface area contributed by atoms with Gasteiger partial charge in [-0.15, -0.1) is 0 Å². The molecular formula is C19H25NO6S. The first-order valence-corrected chi connectivity index (χ1v) is 10.7. The highest BCUT2D eigenvalue weighted by Gasteiger charge is 2.34. The molecule has 1 amide bonds. The van der Waals surface area contributed by atoms with Crippen molar-refractivity contribution in [1.29, 1.82) is 0 Å². The maximum atomic E-state index is 12.4. The molecule has 0 radical (unpaired) electrons. The monoisotopic (exact) mass is 395 g/mol. The Balaban J connectivity index is 1.88. The van der Waals surface area contributed by atoms with E-state index in [2.05, 4.69) is 0 Å². The Morgan fingerprint density at radius 1 is 1.26 bits per heavy atom. The van der Waals surface area contributed by atoms with E-state index in [9.17, 15) is 18.0 Å². The second-order valence-corrected chi connectivity index (χ2v) is 8.59. The van der Waals surface area contributed by atoms with Crippen LogP contribution in [0.15, 0.2) is 30.3 Å². The van der Waals surface area contributed by atoms with Crippen molar-refractivity contribution in [2.24, 2.45) is 0 Å². The molecule has 1 aromatic rings. The van der Waals surface area contributed by atoms with Crippen molar-refractivity contribution in [1.82, 2.24) is 4.90 Å². The molecule has 0 N–H and O–H groups in total. The minimum Gasteiger partial charge on any atom is -0.497 e. The number of hydrogen-bond acceptors (Lipinski definition) is 6. The number of benzene rings is 1. The van der Waals surface area contributed by atoms with Gasteiger partial charge in [-0.1, -0.05) is 19.1 Å². The summed E-state index contributed by atoms with van der Waals surface area (Å²) in [4.78, 5) is 25.8. The molecule has 0 spiro atoms. The first-order valence-electron chi connectivity index (χ1n) is 8.83. The van der Waals surface area contributed by atoms with Gasteiger partial charge in [0.2, 0.25) is 0 Å². The molecule has 7 nitrogen and oxygen atoms in total. The van der Waals surface area contributed by atoms with E-state index in [0.717, 1.165) is 5.56 Å². The third-order valence-electron chi connectivity index (χ3n) is 4.30. The van der Waals surface area contributed by atoms with Gasteiger partial charge in [-0.2, -0.15) is 0 Å². The second kappa shape index (κ2) is 9.55. The van der Waals surface area contributed by atoms with Crippen molar-refractivity contribution < 1.29 is 27.5 Å². The predicted octanol–water partition coefficient (Wildman–Crippen LogP) is 1.68. The zero-order valence-corrected chi connectivity index (χ0v) is 16.4. The summed E-state index contributed by atoms with van der Waals surface area (Å²) in [6, 6.07) is 6.78. The van der Waals surface area contributed by atoms with E-state index in [0.29, 0.717) is 25.1 Å². The molecule has 1 aromatic carbocycles. The summed E-state index contributed by atoms with van der Waals surface area (Å²) in [5.41, 5.74) is 0.794. The lowest BCUT2D eigenvalue weighted by Gasteiger charge is -2.27. The van der Waals surface area contributed by atoms with Crippen molar-refractivity contribution in [2.45, 2.75) is 25.8 Å². The average molecular weight is 395 g/mol. The molecule has 2 rings (SSSR count). The lowest BCUT2D eigenvalue weighted by atomic mass is 10.2. The Labute approximate surface area is 159 Å². The molecule has 0 saturated carbocycles. The molecule has 1 aliphatic heterocycles. The van der Waals surface area contributed by atoms with E-state index in [1.54, 1.807) is 37.5 Å². The Morgan fingerprint density at radius 2 is 1.96 bits per heavy atom. The first-order chi connectivity index (χ1) is 12.8. The van der Waals surface area contributed by atoms with E-state index in [1.807, 2.05) is 6.92 Å². The van der Waals surface area contributed by atoms with Gasteiger partial charge in [-0.05, 0) is 36.6 Å². The van der Waals surface area contributed by atoms with E-state index in [4.69, 9.17) is 9.47 Å². The van der Waals surface area contributed by atoms with E-state index in [-0.39, 0.29) is 23.5 Å². The molecule has 1 fully saturated rings. The molecule has 1 saturated heterocycles. The van der Waals surface area contributed by atoms with Gasteiger partial charge in [0.15, 0.2) is 16.4 Å². The molecule has 8 heteroatoms. The molecule has 148 valence electrons. The maximum absolute atomic E-state index is 12.4. The standard InChI is InChI=1S/C19H25NO6S/c1-3-11-20(16-10-12-27(23,24)14-16)18(21)13-26-19(22)9-6-15-4-7-17(25-2)8-5-15/h4-9,16H,3,10-14H2,1-2H3/b9-6+/t16-/m0/s1. The molecule has 0 aromatic heterocycles. The Morgan fingerprint density at radius 3 is 2.52 bits per heavy atom. The van der Waals surface area contributed by atoms with Crippen LogP contribution in [0, 0.1) is 0 Å². The van der Waals surface area contributed by atoms with Gasteiger partial charge in [0, 0.05) is 18.7 Å². The highest BCUT2D eigenvalue weighted by atomic mass is 32.2. The summed E-state index contributed by atoms with van der Waals surface area (Å²) in [5, 5.41) is 0. The normalized spacial score (nSPS) is 18.4. The number of rotatable bonds is 8. The Kier molecular flexibility index (Phi) is 7.41. The molecule has 0 aliphatic carbocycles. The number of nitrogens with zero attached hydrogens (tertiary/aromatic N) is 1. The van der Waals surface area contributed by atoms with Crippen LogP contribution in [-0.4, -0.2) is 63.0 Å². The third kappa shape index (κ3) is 6.39. The average Bonchev–Trinajstić information content (AvgIpc) is 3.02. The Hall–Kier alpha value is -2.35. The number of sulfone groups is 1. The second-order valence-electron chi connectivity index (χ2n) is 6.36. The van der Waals surface area contributed by atoms with Gasteiger partial charge in [0.05, 0.1) is 18.6 Å². The smallest absolute Gasteiger partial charge is 0.331 e. The number of carbonyl (C=O) groups is 2. The Bertz CT molecular complexity index is 785. The lowest BCUT2D eigenvalue weighted by Crippen LogP contribution is -2.43. The zero-order chi connectivity index (χ0) is 19.9. The van der Waals surface area contributed by atoms with Crippen molar-refractivity contribution in [3.63, 3.8) is 0 Å². The summed E-state index contributed by atoms with van der Waals surface area (Å²) in [6.07, 6.45) is 3.96. The van der Waals surface area contributed by atoms with Gasteiger partial charge in [-0.25, -0.2) is 13.2 Å². The fraction of sp³-hybridized carbons (Fsp3) is 0.474. The molecule has 27 heavy (non-hydrogen) atoms. The highest BCUT2D eigenvalue weighted by molar-refractivity contribution is 7.91. The fourth-order valence-corrected chi connectivity index (χ4v) is 4.65. The summed E-state index contributed by atoms with van der Waals surface area (Å²) in [7, 11) is -1.52. The van der Waals surface area contributed by atoms with Gasteiger partial charge >= 0.3 is 5.97 Å². The van der Waals surface area contributed by atoms with Crippen LogP contribution in [-0.2, 0) is 24.2 Å². The van der Waals surface area contributed by atoms with Crippen molar-refractivity contribution >= 4 is 27.8 Å². The molecule has 0 bridgehead atoms. The highest BCUT2D eigenvalue weighted by Crippen LogP contribution is 2.18. The number of carbonyl (C=O) groups excluding carboxylic acids is 2. The number of hydrogen-bond donors (Lipinski definition) is 0. The maximum Gasteiger partial charge on any atom is 0.331 e. The minimum absolute atomic E-state index is 0.0238. The van der Waals surface area contributed by atoms with E-state index >= 15 is 0 Å². The van der Waals surface area contributed by atoms with E-state index in [1.165, 1.54) is 11.0 Å². The van der Waals surface area contributed by atoms with Crippen LogP contribution in [0.1, 0.15) is 25.3 Å². The van der Waals surface area contributed by atoms with Crippen molar-refractivity contribution in [3.8, 4) is 5.75 Å². The number of esters is 1. The fourth-order valence-electron chi connectivity index (χ4n) is 2.92. The lowest BCUT2D eigenvalue weighted by molar-refractivity contribution is -0.149. The SMILES string of the molecule is CCCN(C(=O)COC(=O)/C=C/c1ccc(OC)cc1)[C@H]1CCS(=O)(=O)C1.